The maximum absolute atomic E-state index is 11.6. The van der Waals surface area contributed by atoms with Crippen molar-refractivity contribution in [3.63, 3.8) is 0 Å². The Kier molecular flexibility index (Phi) is 13.7. The summed E-state index contributed by atoms with van der Waals surface area (Å²) in [5.74, 6) is 0.0407. The van der Waals surface area contributed by atoms with Crippen molar-refractivity contribution < 1.29 is 14.5 Å². The van der Waals surface area contributed by atoms with E-state index in [0.717, 1.165) is 18.4 Å². The molecule has 2 unspecified atom stereocenters. The fraction of sp³-hybridized carbons (Fsp3) is 0.273. The van der Waals surface area contributed by atoms with E-state index in [9.17, 15) is 9.59 Å². The topological polar surface area (TPSA) is 34.1 Å². The molecule has 3 aliphatic carbocycles. The first-order valence-corrected chi connectivity index (χ1v) is 25.3. The summed E-state index contributed by atoms with van der Waals surface area (Å²) in [6, 6.07) is 16.5. The minimum atomic E-state index is -1.96. The van der Waals surface area contributed by atoms with Crippen molar-refractivity contribution in [1.29, 1.82) is 0 Å². The predicted octanol–water partition coefficient (Wildman–Crippen LogP) is 9.73. The zero-order chi connectivity index (χ0) is 25.7. The van der Waals surface area contributed by atoms with E-state index in [1.807, 2.05) is 24.3 Å². The molecule has 12 heteroatoms. The number of halogens is 9. The number of ketones is 1. The van der Waals surface area contributed by atoms with E-state index in [1.165, 1.54) is 16.7 Å². The molecular formula is C22H16Cl6I3O2V. The molecule has 2 aromatic rings. The van der Waals surface area contributed by atoms with Crippen LogP contribution in [0.25, 0.3) is 6.08 Å². The minimum absolute atomic E-state index is 0.0120. The third kappa shape index (κ3) is 9.06. The fourth-order valence-corrected chi connectivity index (χ4v) is 4.61. The summed E-state index contributed by atoms with van der Waals surface area (Å²) in [7, 11) is 0. The van der Waals surface area contributed by atoms with Crippen LogP contribution in [0.15, 0.2) is 54.6 Å². The van der Waals surface area contributed by atoms with Gasteiger partial charge in [-0.1, -0.05) is 119 Å². The van der Waals surface area contributed by atoms with Crippen LogP contribution in [-0.4, -0.2) is 19.2 Å². The SMILES string of the molecule is C1=Cc2ccccc2C1.O=C(Cl)C(Cl)(Cl)Cl.O=C1C2Cc3ccccc3C2C1(Cl)Cl.[I][V]([I])[I]. The molecule has 0 heterocycles. The molecule has 2 aromatic carbocycles. The predicted molar refractivity (Wildman–Crippen MR) is 168 cm³/mol. The van der Waals surface area contributed by atoms with Crippen molar-refractivity contribution >= 4 is 147 Å². The van der Waals surface area contributed by atoms with Gasteiger partial charge in [0.1, 0.15) is 0 Å². The van der Waals surface area contributed by atoms with Crippen molar-refractivity contribution in [2.75, 3.05) is 0 Å². The van der Waals surface area contributed by atoms with Crippen molar-refractivity contribution in [2.24, 2.45) is 5.92 Å². The Morgan fingerprint density at radius 1 is 0.971 bits per heavy atom. The number of carbonyl (C=O) groups is 2. The summed E-state index contributed by atoms with van der Waals surface area (Å²) in [4.78, 5) is 21.1. The van der Waals surface area contributed by atoms with Crippen molar-refractivity contribution in [1.82, 2.24) is 0 Å². The maximum atomic E-state index is 11.6. The molecule has 1 saturated carbocycles. The third-order valence-electron chi connectivity index (χ3n) is 5.20. The van der Waals surface area contributed by atoms with Crippen LogP contribution in [0.2, 0.25) is 0 Å². The molecule has 0 bridgehead atoms. The molecule has 0 amide bonds. The standard InChI is InChI=1S/C11H8Cl2O.C9H8.C2Cl4O.3HI.V/c12-11(13)9-7-4-2-1-3-6(7)5-8(9)10(11)14;1-2-5-9-7-3-6-8(9)4-1;3-1(7)2(4,5)6;;;;/h1-4,8-9H,5H2;1-6H,7H2;;3*1H;/q;;;;;;+3/p-3. The summed E-state index contributed by atoms with van der Waals surface area (Å²) in [5.41, 5.74) is 5.22. The quantitative estimate of drug-likeness (QED) is 0.150. The molecule has 184 valence electrons. The first kappa shape index (κ1) is 32.2. The van der Waals surface area contributed by atoms with Gasteiger partial charge in [-0.05, 0) is 46.7 Å². The molecule has 2 nitrogen and oxygen atoms in total. The van der Waals surface area contributed by atoms with Crippen LogP contribution in [0, 0.1) is 5.92 Å². The molecule has 1 fully saturated rings. The summed E-state index contributed by atoms with van der Waals surface area (Å²) >= 11 is 38.9. The van der Waals surface area contributed by atoms with Crippen LogP contribution in [0.1, 0.15) is 28.2 Å². The van der Waals surface area contributed by atoms with Crippen molar-refractivity contribution in [3.8, 4) is 0 Å². The van der Waals surface area contributed by atoms with Crippen molar-refractivity contribution in [3.05, 3.63) is 76.9 Å². The Bertz CT molecular complexity index is 1060. The zero-order valence-electron chi connectivity index (χ0n) is 17.0. The first-order chi connectivity index (χ1) is 15.8. The number of alkyl halides is 5. The van der Waals surface area contributed by atoms with Gasteiger partial charge in [-0.15, -0.1) is 0 Å². The molecule has 5 rings (SSSR count). The van der Waals surface area contributed by atoms with E-state index in [0.29, 0.717) is 0 Å². The Morgan fingerprint density at radius 2 is 1.47 bits per heavy atom. The van der Waals surface area contributed by atoms with Gasteiger partial charge in [-0.25, -0.2) is 0 Å². The Hall–Kier alpha value is 2.03. The molecule has 0 saturated heterocycles. The number of hydrogen-bond donors (Lipinski definition) is 0. The molecule has 0 aliphatic heterocycles. The third-order valence-corrected chi connectivity index (χ3v) is 7.13. The van der Waals surface area contributed by atoms with Gasteiger partial charge in [0.25, 0.3) is 9.03 Å². The van der Waals surface area contributed by atoms with E-state index in [-0.39, 0.29) is 22.5 Å². The van der Waals surface area contributed by atoms with Gasteiger partial charge in [0, 0.05) is 11.8 Å². The Morgan fingerprint density at radius 3 is 2.00 bits per heavy atom. The zero-order valence-corrected chi connectivity index (χ0v) is 29.4. The number of fused-ring (bicyclic) bond motifs is 4. The summed E-state index contributed by atoms with van der Waals surface area (Å²) in [5, 5.41) is -0.988. The molecule has 0 N–H and O–H groups in total. The molecule has 2 atom stereocenters. The van der Waals surface area contributed by atoms with E-state index in [2.05, 4.69) is 96.4 Å². The number of Topliss-reactive ketones (excluding diaryl/α,β-unsaturated/α-hetero) is 1. The van der Waals surface area contributed by atoms with Crippen LogP contribution >= 0.6 is 130 Å². The van der Waals surface area contributed by atoms with E-state index >= 15 is 0 Å². The second kappa shape index (κ2) is 14.4. The van der Waals surface area contributed by atoms with Crippen LogP contribution in [0.4, 0.5) is 0 Å². The molecule has 3 aliphatic rings. The number of hydrogen-bond acceptors (Lipinski definition) is 2. The van der Waals surface area contributed by atoms with Gasteiger partial charge in [-0.3, -0.25) is 9.59 Å². The van der Waals surface area contributed by atoms with E-state index in [4.69, 9.17) is 69.6 Å². The second-order valence-corrected chi connectivity index (χ2v) is 46.6. The van der Waals surface area contributed by atoms with Gasteiger partial charge < -0.3 is 0 Å². The van der Waals surface area contributed by atoms with Crippen LogP contribution in [0.5, 0.6) is 0 Å². The van der Waals surface area contributed by atoms with Gasteiger partial charge in [0.2, 0.25) is 0 Å². The Labute approximate surface area is 266 Å². The molecule has 34 heavy (non-hydrogen) atoms. The molecule has 0 aromatic heterocycles. The van der Waals surface area contributed by atoms with Gasteiger partial charge in [-0.2, -0.15) is 0 Å². The first-order valence-electron chi connectivity index (χ1n) is 9.55. The molecule has 0 spiro atoms. The number of rotatable bonds is 0. The normalized spacial score (nSPS) is 20.2. The molecular weight excluding hydrogens is 941 g/mol. The van der Waals surface area contributed by atoms with Gasteiger partial charge in [0.15, 0.2) is 10.1 Å². The summed E-state index contributed by atoms with van der Waals surface area (Å²) < 4.78 is -3.13. The van der Waals surface area contributed by atoms with Crippen molar-refractivity contribution in [2.45, 2.75) is 26.9 Å². The van der Waals surface area contributed by atoms with E-state index < -0.39 is 13.4 Å². The van der Waals surface area contributed by atoms with Crippen LogP contribution in [-0.2, 0) is 27.4 Å². The second-order valence-electron chi connectivity index (χ2n) is 7.24. The number of carbonyl (C=O) groups excluding carboxylic acids is 2. The average Bonchev–Trinajstić information content (AvgIpc) is 3.37. The summed E-state index contributed by atoms with van der Waals surface area (Å²) in [6.45, 7) is 0. The monoisotopic (exact) mass is 954 g/mol. The van der Waals surface area contributed by atoms with E-state index in [1.54, 1.807) is 0 Å². The molecule has 0 radical (unpaired) electrons. The van der Waals surface area contributed by atoms with Gasteiger partial charge >= 0.3 is 64.9 Å². The number of allylic oxidation sites excluding steroid dienone is 1. The van der Waals surface area contributed by atoms with Crippen LogP contribution < -0.4 is 0 Å². The van der Waals surface area contributed by atoms with Crippen LogP contribution in [0.3, 0.4) is 0 Å². The Balaban J connectivity index is 0.000000178. The van der Waals surface area contributed by atoms with Gasteiger partial charge in [0.05, 0.1) is 0 Å². The fourth-order valence-electron chi connectivity index (χ4n) is 3.79. The number of benzene rings is 2. The average molecular weight is 957 g/mol. The summed E-state index contributed by atoms with van der Waals surface area (Å²) in [6.07, 6.45) is 6.30.